The van der Waals surface area contributed by atoms with Gasteiger partial charge in [0.25, 0.3) is 0 Å². The summed E-state index contributed by atoms with van der Waals surface area (Å²) >= 11 is 0. The van der Waals surface area contributed by atoms with Crippen LogP contribution in [0.25, 0.3) is 0 Å². The number of amides is 1. The largest absolute Gasteiger partial charge is 0.444 e. The number of nitrogens with zero attached hydrogens (tertiary/aromatic N) is 1. The molecule has 1 heterocycles. The van der Waals surface area contributed by atoms with Crippen molar-refractivity contribution in [3.8, 4) is 0 Å². The van der Waals surface area contributed by atoms with Crippen molar-refractivity contribution in [1.82, 2.24) is 4.90 Å². The van der Waals surface area contributed by atoms with Gasteiger partial charge in [-0.05, 0) is 20.8 Å². The second-order valence-electron chi connectivity index (χ2n) is 4.87. The first-order chi connectivity index (χ1) is 6.83. The molecule has 4 nitrogen and oxygen atoms in total. The minimum Gasteiger partial charge on any atom is -0.444 e. The molecule has 0 aromatic carbocycles. The first kappa shape index (κ1) is 12.2. The number of aliphatic hydroxyl groups is 1. The molecule has 0 saturated carbocycles. The highest BCUT2D eigenvalue weighted by Gasteiger charge is 2.35. The van der Waals surface area contributed by atoms with Crippen molar-refractivity contribution < 1.29 is 19.0 Å². The van der Waals surface area contributed by atoms with Crippen molar-refractivity contribution in [3.63, 3.8) is 0 Å². The van der Waals surface area contributed by atoms with Crippen LogP contribution in [0.1, 0.15) is 20.8 Å². The van der Waals surface area contributed by atoms with Gasteiger partial charge >= 0.3 is 6.09 Å². The number of alkyl halides is 1. The van der Waals surface area contributed by atoms with Crippen molar-refractivity contribution >= 4 is 6.09 Å². The lowest BCUT2D eigenvalue weighted by Crippen LogP contribution is -2.35. The van der Waals surface area contributed by atoms with Crippen molar-refractivity contribution in [1.29, 1.82) is 0 Å². The molecule has 0 unspecified atom stereocenters. The molecule has 1 amide bonds. The van der Waals surface area contributed by atoms with Crippen molar-refractivity contribution in [3.05, 3.63) is 0 Å². The molecule has 1 N–H and O–H groups in total. The van der Waals surface area contributed by atoms with Crippen molar-refractivity contribution in [2.75, 3.05) is 19.8 Å². The molecule has 0 aromatic heterocycles. The van der Waals surface area contributed by atoms with Crippen LogP contribution in [-0.2, 0) is 4.74 Å². The maximum absolute atomic E-state index is 12.4. The van der Waals surface area contributed by atoms with Crippen LogP contribution < -0.4 is 0 Å². The smallest absolute Gasteiger partial charge is 0.410 e. The van der Waals surface area contributed by atoms with Crippen LogP contribution in [0.5, 0.6) is 0 Å². The van der Waals surface area contributed by atoms with E-state index in [1.807, 2.05) is 0 Å². The highest BCUT2D eigenvalue weighted by atomic mass is 19.1. The van der Waals surface area contributed by atoms with Gasteiger partial charge in [-0.25, -0.2) is 4.79 Å². The van der Waals surface area contributed by atoms with E-state index in [0.29, 0.717) is 0 Å². The molecular formula is C10H18FNO3. The maximum atomic E-state index is 12.4. The second-order valence-corrected chi connectivity index (χ2v) is 4.87. The summed E-state index contributed by atoms with van der Waals surface area (Å²) < 4.78 is 17.5. The lowest BCUT2D eigenvalue weighted by molar-refractivity contribution is 0.0269. The molecule has 1 rings (SSSR count). The molecule has 0 spiro atoms. The predicted octanol–water partition coefficient (Wildman–Crippen LogP) is 1.18. The number of carbonyl (C=O) groups excluding carboxylic acids is 1. The quantitative estimate of drug-likeness (QED) is 0.720. The average Bonchev–Trinajstić information content (AvgIpc) is 2.43. The Kier molecular flexibility index (Phi) is 3.54. The van der Waals surface area contributed by atoms with Crippen LogP contribution in [0.3, 0.4) is 0 Å². The standard InChI is InChI=1S/C10H18FNO3/c1-10(2,3)15-9(14)12-5-7(4-11)8(13)6-12/h7-8,13H,4-6H2,1-3H3/t7-,8-/m0/s1. The first-order valence-electron chi connectivity index (χ1n) is 5.05. The van der Waals surface area contributed by atoms with Crippen LogP contribution >= 0.6 is 0 Å². The summed E-state index contributed by atoms with van der Waals surface area (Å²) in [6.07, 6.45) is -1.26. The molecule has 2 atom stereocenters. The second kappa shape index (κ2) is 4.35. The zero-order valence-corrected chi connectivity index (χ0v) is 9.36. The molecule has 1 aliphatic heterocycles. The molecular weight excluding hydrogens is 201 g/mol. The van der Waals surface area contributed by atoms with Gasteiger partial charge in [0.2, 0.25) is 0 Å². The van der Waals surface area contributed by atoms with E-state index in [0.717, 1.165) is 0 Å². The fourth-order valence-corrected chi connectivity index (χ4v) is 1.48. The summed E-state index contributed by atoms with van der Waals surface area (Å²) in [4.78, 5) is 12.9. The molecule has 15 heavy (non-hydrogen) atoms. The van der Waals surface area contributed by atoms with Gasteiger partial charge in [-0.15, -0.1) is 0 Å². The summed E-state index contributed by atoms with van der Waals surface area (Å²) in [6.45, 7) is 5.08. The number of halogens is 1. The number of likely N-dealkylation sites (tertiary alicyclic amines) is 1. The highest BCUT2D eigenvalue weighted by molar-refractivity contribution is 5.68. The maximum Gasteiger partial charge on any atom is 0.410 e. The Labute approximate surface area is 89.0 Å². The summed E-state index contributed by atoms with van der Waals surface area (Å²) in [5.41, 5.74) is -0.560. The Bertz CT molecular complexity index is 239. The molecule has 88 valence electrons. The molecule has 0 radical (unpaired) electrons. The van der Waals surface area contributed by atoms with Crippen LogP contribution in [0, 0.1) is 5.92 Å². The normalized spacial score (nSPS) is 26.9. The van der Waals surface area contributed by atoms with E-state index in [1.54, 1.807) is 20.8 Å². The van der Waals surface area contributed by atoms with Crippen molar-refractivity contribution in [2.45, 2.75) is 32.5 Å². The SMILES string of the molecule is CC(C)(C)OC(=O)N1C[C@H](CF)[C@@H](O)C1. The fourth-order valence-electron chi connectivity index (χ4n) is 1.48. The minimum absolute atomic E-state index is 0.156. The van der Waals surface area contributed by atoms with Crippen LogP contribution in [-0.4, -0.2) is 47.6 Å². The van der Waals surface area contributed by atoms with E-state index < -0.39 is 30.4 Å². The summed E-state index contributed by atoms with van der Waals surface area (Å²) in [5.74, 6) is -0.475. The zero-order valence-electron chi connectivity index (χ0n) is 9.36. The van der Waals surface area contributed by atoms with Gasteiger partial charge in [-0.1, -0.05) is 0 Å². The highest BCUT2D eigenvalue weighted by Crippen LogP contribution is 2.20. The minimum atomic E-state index is -0.775. The molecule has 0 bridgehead atoms. The third kappa shape index (κ3) is 3.34. The molecule has 5 heteroatoms. The van der Waals surface area contributed by atoms with Gasteiger partial charge < -0.3 is 14.7 Å². The monoisotopic (exact) mass is 219 g/mol. The summed E-state index contributed by atoms with van der Waals surface area (Å²) in [5, 5.41) is 9.42. The number of hydrogen-bond donors (Lipinski definition) is 1. The fraction of sp³-hybridized carbons (Fsp3) is 0.900. The Balaban J connectivity index is 2.50. The predicted molar refractivity (Wildman–Crippen MR) is 53.3 cm³/mol. The summed E-state index contributed by atoms with van der Waals surface area (Å²) in [6, 6.07) is 0. The number of aliphatic hydroxyl groups excluding tert-OH is 1. The van der Waals surface area contributed by atoms with Crippen LogP contribution in [0.15, 0.2) is 0 Å². The third-order valence-corrected chi connectivity index (χ3v) is 2.26. The number of rotatable bonds is 1. The van der Waals surface area contributed by atoms with E-state index in [-0.39, 0.29) is 13.1 Å². The lowest BCUT2D eigenvalue weighted by atomic mass is 10.1. The molecule has 1 aliphatic rings. The number of β-amino-alcohol motifs (C(OH)–C–C–N with tert-alkyl or cyclic N) is 1. The molecule has 1 saturated heterocycles. The molecule has 1 fully saturated rings. The molecule has 0 aromatic rings. The lowest BCUT2D eigenvalue weighted by Gasteiger charge is -2.24. The number of ether oxygens (including phenoxy) is 1. The van der Waals surface area contributed by atoms with E-state index in [2.05, 4.69) is 0 Å². The van der Waals surface area contributed by atoms with Gasteiger partial charge in [0.05, 0.1) is 19.3 Å². The van der Waals surface area contributed by atoms with E-state index in [1.165, 1.54) is 4.90 Å². The van der Waals surface area contributed by atoms with E-state index >= 15 is 0 Å². The van der Waals surface area contributed by atoms with E-state index in [9.17, 15) is 14.3 Å². The van der Waals surface area contributed by atoms with Crippen LogP contribution in [0.4, 0.5) is 9.18 Å². The number of hydrogen-bond acceptors (Lipinski definition) is 3. The van der Waals surface area contributed by atoms with Gasteiger partial charge in [-0.2, -0.15) is 0 Å². The van der Waals surface area contributed by atoms with Gasteiger partial charge in [0, 0.05) is 12.5 Å². The Hall–Kier alpha value is -0.840. The molecule has 0 aliphatic carbocycles. The van der Waals surface area contributed by atoms with Crippen molar-refractivity contribution in [2.24, 2.45) is 5.92 Å². The first-order valence-corrected chi connectivity index (χ1v) is 5.05. The topological polar surface area (TPSA) is 49.8 Å². The Morgan fingerprint density at radius 1 is 1.53 bits per heavy atom. The van der Waals surface area contributed by atoms with E-state index in [4.69, 9.17) is 4.74 Å². The average molecular weight is 219 g/mol. The zero-order chi connectivity index (χ0) is 11.6. The van der Waals surface area contributed by atoms with Gasteiger partial charge in [0.15, 0.2) is 0 Å². The third-order valence-electron chi connectivity index (χ3n) is 2.26. The van der Waals surface area contributed by atoms with Gasteiger partial charge in [0.1, 0.15) is 5.60 Å². The Morgan fingerprint density at radius 3 is 2.53 bits per heavy atom. The summed E-state index contributed by atoms with van der Waals surface area (Å²) in [7, 11) is 0. The Morgan fingerprint density at radius 2 is 2.13 bits per heavy atom. The van der Waals surface area contributed by atoms with Crippen LogP contribution in [0.2, 0.25) is 0 Å². The number of carbonyl (C=O) groups is 1. The van der Waals surface area contributed by atoms with Gasteiger partial charge in [-0.3, -0.25) is 4.39 Å².